The van der Waals surface area contributed by atoms with Gasteiger partial charge >= 0.3 is 0 Å². The number of carbonyl (C=O) groups is 1. The third-order valence-corrected chi connectivity index (χ3v) is 3.83. The van der Waals surface area contributed by atoms with E-state index in [-0.39, 0.29) is 0 Å². The van der Waals surface area contributed by atoms with Crippen LogP contribution in [0.15, 0.2) is 0 Å². The monoisotopic (exact) mass is 195 g/mol. The number of likely N-dealkylation sites (tertiary alicyclic amines) is 1. The lowest BCUT2D eigenvalue weighted by Crippen LogP contribution is -2.45. The molecule has 1 saturated heterocycles. The zero-order chi connectivity index (χ0) is 9.97. The van der Waals surface area contributed by atoms with Crippen molar-refractivity contribution in [2.45, 2.75) is 64.0 Å². The lowest BCUT2D eigenvalue weighted by atomic mass is 9.97. The number of piperidine rings is 1. The van der Waals surface area contributed by atoms with E-state index in [2.05, 4.69) is 11.8 Å². The van der Waals surface area contributed by atoms with Gasteiger partial charge in [-0.2, -0.15) is 0 Å². The van der Waals surface area contributed by atoms with Crippen molar-refractivity contribution in [3.05, 3.63) is 0 Å². The van der Waals surface area contributed by atoms with Crippen molar-refractivity contribution < 1.29 is 4.79 Å². The molecular weight excluding hydrogens is 174 g/mol. The van der Waals surface area contributed by atoms with Gasteiger partial charge in [0.1, 0.15) is 5.78 Å². The molecule has 1 heterocycles. The molecule has 2 heteroatoms. The molecule has 0 N–H and O–H groups in total. The van der Waals surface area contributed by atoms with Crippen LogP contribution >= 0.6 is 0 Å². The summed E-state index contributed by atoms with van der Waals surface area (Å²) in [7, 11) is 0. The van der Waals surface area contributed by atoms with Gasteiger partial charge in [-0.15, -0.1) is 0 Å². The number of hydrogen-bond acceptors (Lipinski definition) is 2. The number of hydrogen-bond donors (Lipinski definition) is 0. The highest BCUT2D eigenvalue weighted by Crippen LogP contribution is 2.28. The van der Waals surface area contributed by atoms with E-state index < -0.39 is 0 Å². The Morgan fingerprint density at radius 2 is 2.21 bits per heavy atom. The van der Waals surface area contributed by atoms with Gasteiger partial charge in [-0.25, -0.2) is 0 Å². The first kappa shape index (κ1) is 10.2. The summed E-state index contributed by atoms with van der Waals surface area (Å²) in [6.07, 6.45) is 8.10. The predicted molar refractivity (Wildman–Crippen MR) is 57.3 cm³/mol. The van der Waals surface area contributed by atoms with Gasteiger partial charge in [0.05, 0.1) is 0 Å². The molecule has 1 aliphatic heterocycles. The van der Waals surface area contributed by atoms with Crippen LogP contribution in [-0.4, -0.2) is 29.3 Å². The fourth-order valence-electron chi connectivity index (χ4n) is 3.02. The Morgan fingerprint density at radius 1 is 1.36 bits per heavy atom. The van der Waals surface area contributed by atoms with Gasteiger partial charge in [-0.05, 0) is 32.2 Å². The minimum Gasteiger partial charge on any atom is -0.300 e. The molecule has 14 heavy (non-hydrogen) atoms. The van der Waals surface area contributed by atoms with Gasteiger partial charge in [-0.1, -0.05) is 13.3 Å². The van der Waals surface area contributed by atoms with Crippen LogP contribution in [0.25, 0.3) is 0 Å². The summed E-state index contributed by atoms with van der Waals surface area (Å²) in [6.45, 7) is 3.51. The molecule has 0 aromatic carbocycles. The molecule has 1 aliphatic carbocycles. The number of nitrogens with zero attached hydrogens (tertiary/aromatic N) is 1. The smallest absolute Gasteiger partial charge is 0.134 e. The fraction of sp³-hybridized carbons (Fsp3) is 0.917. The number of carbonyl (C=O) groups excluding carboxylic acids is 1. The quantitative estimate of drug-likeness (QED) is 0.674. The molecule has 2 unspecified atom stereocenters. The summed E-state index contributed by atoms with van der Waals surface area (Å²) in [4.78, 5) is 13.9. The molecule has 0 bridgehead atoms. The van der Waals surface area contributed by atoms with E-state index in [0.29, 0.717) is 11.8 Å². The fourth-order valence-corrected chi connectivity index (χ4v) is 3.02. The Hall–Kier alpha value is -0.370. The lowest BCUT2D eigenvalue weighted by molar-refractivity contribution is -0.117. The molecule has 2 nitrogen and oxygen atoms in total. The molecule has 0 aromatic rings. The zero-order valence-corrected chi connectivity index (χ0v) is 9.17. The van der Waals surface area contributed by atoms with Crippen molar-refractivity contribution in [3.8, 4) is 0 Å². The minimum absolute atomic E-state index is 0.482. The summed E-state index contributed by atoms with van der Waals surface area (Å²) < 4.78 is 0. The van der Waals surface area contributed by atoms with Crippen LogP contribution in [0.2, 0.25) is 0 Å². The summed E-state index contributed by atoms with van der Waals surface area (Å²) >= 11 is 0. The largest absolute Gasteiger partial charge is 0.300 e. The molecule has 0 amide bonds. The van der Waals surface area contributed by atoms with E-state index in [4.69, 9.17) is 0 Å². The highest BCUT2D eigenvalue weighted by atomic mass is 16.1. The summed E-state index contributed by atoms with van der Waals surface area (Å²) in [5, 5.41) is 0. The molecule has 1 saturated carbocycles. The lowest BCUT2D eigenvalue weighted by Gasteiger charge is -2.39. The van der Waals surface area contributed by atoms with Crippen molar-refractivity contribution >= 4 is 5.78 Å². The molecule has 0 spiro atoms. The highest BCUT2D eigenvalue weighted by Gasteiger charge is 2.32. The Morgan fingerprint density at radius 3 is 2.86 bits per heavy atom. The zero-order valence-electron chi connectivity index (χ0n) is 9.17. The van der Waals surface area contributed by atoms with E-state index >= 15 is 0 Å². The van der Waals surface area contributed by atoms with Crippen LogP contribution in [-0.2, 0) is 4.79 Å². The summed E-state index contributed by atoms with van der Waals surface area (Å²) in [6, 6.07) is 1.35. The summed E-state index contributed by atoms with van der Waals surface area (Å²) in [5.41, 5.74) is 0. The van der Waals surface area contributed by atoms with Crippen LogP contribution in [0.3, 0.4) is 0 Å². The average molecular weight is 195 g/mol. The van der Waals surface area contributed by atoms with E-state index in [1.807, 2.05) is 0 Å². The molecule has 2 rings (SSSR count). The average Bonchev–Trinajstić information content (AvgIpc) is 2.65. The second-order valence-electron chi connectivity index (χ2n) is 4.73. The molecule has 80 valence electrons. The normalized spacial score (nSPS) is 35.1. The van der Waals surface area contributed by atoms with Crippen LogP contribution in [0, 0.1) is 0 Å². The van der Waals surface area contributed by atoms with E-state index in [9.17, 15) is 4.79 Å². The van der Waals surface area contributed by atoms with Gasteiger partial charge in [0.15, 0.2) is 0 Å². The van der Waals surface area contributed by atoms with Crippen molar-refractivity contribution in [1.82, 2.24) is 4.90 Å². The molecular formula is C12H21NO. The maximum atomic E-state index is 11.3. The number of rotatable bonds is 2. The van der Waals surface area contributed by atoms with Crippen molar-refractivity contribution in [2.24, 2.45) is 0 Å². The van der Waals surface area contributed by atoms with Crippen LogP contribution < -0.4 is 0 Å². The third-order valence-electron chi connectivity index (χ3n) is 3.83. The number of Topliss-reactive ketones (excluding diaryl/α,β-unsaturated/α-hetero) is 1. The second kappa shape index (κ2) is 4.43. The van der Waals surface area contributed by atoms with Crippen LogP contribution in [0.1, 0.15) is 51.9 Å². The SMILES string of the molecule is CCC1CCCCN1C1CCC(=O)C1. The van der Waals surface area contributed by atoms with Crippen molar-refractivity contribution in [3.63, 3.8) is 0 Å². The maximum Gasteiger partial charge on any atom is 0.134 e. The standard InChI is InChI=1S/C12H21NO/c1-2-10-5-3-4-8-13(10)11-6-7-12(14)9-11/h10-11H,2-9H2,1H3. The van der Waals surface area contributed by atoms with Gasteiger partial charge in [0.25, 0.3) is 0 Å². The highest BCUT2D eigenvalue weighted by molar-refractivity contribution is 5.81. The van der Waals surface area contributed by atoms with Crippen molar-refractivity contribution in [1.29, 1.82) is 0 Å². The predicted octanol–water partition coefficient (Wildman–Crippen LogP) is 2.37. The van der Waals surface area contributed by atoms with E-state index in [1.54, 1.807) is 0 Å². The molecule has 0 radical (unpaired) electrons. The Bertz CT molecular complexity index is 214. The van der Waals surface area contributed by atoms with Crippen LogP contribution in [0.4, 0.5) is 0 Å². The van der Waals surface area contributed by atoms with Gasteiger partial charge in [0.2, 0.25) is 0 Å². The van der Waals surface area contributed by atoms with Gasteiger partial charge in [0, 0.05) is 24.9 Å². The minimum atomic E-state index is 0.482. The summed E-state index contributed by atoms with van der Waals surface area (Å²) in [5.74, 6) is 0.482. The third kappa shape index (κ3) is 2.00. The Kier molecular flexibility index (Phi) is 3.22. The maximum absolute atomic E-state index is 11.3. The van der Waals surface area contributed by atoms with Crippen molar-refractivity contribution in [2.75, 3.05) is 6.54 Å². The first-order valence-electron chi connectivity index (χ1n) is 6.08. The Labute approximate surface area is 86.7 Å². The topological polar surface area (TPSA) is 20.3 Å². The molecule has 2 atom stereocenters. The van der Waals surface area contributed by atoms with Gasteiger partial charge in [-0.3, -0.25) is 9.69 Å². The van der Waals surface area contributed by atoms with E-state index in [0.717, 1.165) is 25.3 Å². The molecule has 0 aromatic heterocycles. The second-order valence-corrected chi connectivity index (χ2v) is 4.73. The van der Waals surface area contributed by atoms with Crippen LogP contribution in [0.5, 0.6) is 0 Å². The Balaban J connectivity index is 1.96. The first-order chi connectivity index (χ1) is 6.81. The van der Waals surface area contributed by atoms with Gasteiger partial charge < -0.3 is 0 Å². The number of ketones is 1. The molecule has 2 fully saturated rings. The first-order valence-corrected chi connectivity index (χ1v) is 6.08. The molecule has 2 aliphatic rings. The van der Waals surface area contributed by atoms with E-state index in [1.165, 1.54) is 32.2 Å².